The van der Waals surface area contributed by atoms with Gasteiger partial charge in [0.15, 0.2) is 11.6 Å². The average Bonchev–Trinajstić information content (AvgIpc) is 2.82. The van der Waals surface area contributed by atoms with Gasteiger partial charge in [-0.05, 0) is 31.2 Å². The summed E-state index contributed by atoms with van der Waals surface area (Å²) in [7, 11) is 0. The van der Waals surface area contributed by atoms with Crippen LogP contribution in [-0.4, -0.2) is 20.6 Å². The number of aromatic nitrogens is 2. The first-order chi connectivity index (χ1) is 8.65. The van der Waals surface area contributed by atoms with Crippen LogP contribution >= 0.6 is 11.7 Å². The molecule has 0 unspecified atom stereocenters. The third-order valence-corrected chi connectivity index (χ3v) is 2.63. The zero-order chi connectivity index (χ0) is 13.0. The van der Waals surface area contributed by atoms with Crippen molar-refractivity contribution in [1.29, 1.82) is 0 Å². The number of amides is 2. The summed E-state index contributed by atoms with van der Waals surface area (Å²) < 4.78 is 7.61. The van der Waals surface area contributed by atoms with Crippen LogP contribution in [0.3, 0.4) is 0 Å². The van der Waals surface area contributed by atoms with Crippen LogP contribution in [0.1, 0.15) is 17.3 Å². The first-order valence-electron chi connectivity index (χ1n) is 5.12. The predicted octanol–water partition coefficient (Wildman–Crippen LogP) is 2.38. The highest BCUT2D eigenvalue weighted by Crippen LogP contribution is 2.10. The number of hydrogen-bond donors (Lipinski definition) is 2. The molecule has 1 aromatic heterocycles. The molecule has 0 spiro atoms. The Kier molecular flexibility index (Phi) is 3.63. The van der Waals surface area contributed by atoms with Crippen LogP contribution in [0.15, 0.2) is 30.5 Å². The summed E-state index contributed by atoms with van der Waals surface area (Å²) in [6, 6.07) is 6.23. The second-order valence-electron chi connectivity index (χ2n) is 3.51. The number of carbonyl (C=O) groups excluding carboxylic acids is 2. The molecule has 2 amide bonds. The van der Waals surface area contributed by atoms with Crippen molar-refractivity contribution in [2.24, 2.45) is 0 Å². The molecule has 0 bridgehead atoms. The van der Waals surface area contributed by atoms with Crippen LogP contribution in [0.2, 0.25) is 0 Å². The molecule has 2 aromatic rings. The summed E-state index contributed by atoms with van der Waals surface area (Å²) >= 11 is 1.01. The molecule has 0 fully saturated rings. The van der Waals surface area contributed by atoms with Crippen LogP contribution in [0.4, 0.5) is 16.3 Å². The second-order valence-corrected chi connectivity index (χ2v) is 4.06. The molecule has 0 aliphatic rings. The van der Waals surface area contributed by atoms with Crippen molar-refractivity contribution in [1.82, 2.24) is 8.75 Å². The van der Waals surface area contributed by atoms with Crippen LogP contribution in [0, 0.1) is 0 Å². The van der Waals surface area contributed by atoms with Gasteiger partial charge in [0.25, 0.3) is 0 Å². The van der Waals surface area contributed by atoms with E-state index >= 15 is 0 Å². The average molecular weight is 262 g/mol. The number of nitrogens with one attached hydrogen (secondary N) is 2. The van der Waals surface area contributed by atoms with Gasteiger partial charge in [0, 0.05) is 11.3 Å². The van der Waals surface area contributed by atoms with E-state index in [0.717, 1.165) is 11.7 Å². The number of carbonyl (C=O) groups is 2. The van der Waals surface area contributed by atoms with E-state index < -0.39 is 6.03 Å². The number of rotatable bonds is 3. The Labute approximate surface area is 107 Å². The van der Waals surface area contributed by atoms with Gasteiger partial charge in [-0.15, -0.1) is 0 Å². The van der Waals surface area contributed by atoms with E-state index in [1.54, 1.807) is 24.3 Å². The Bertz CT molecular complexity index is 551. The smallest absolute Gasteiger partial charge is 0.308 e. The number of Topliss-reactive ketones (excluding diaryl/α,β-unsaturated/α-hetero) is 1. The number of ketones is 1. The zero-order valence-electron chi connectivity index (χ0n) is 9.51. The van der Waals surface area contributed by atoms with Crippen molar-refractivity contribution in [2.45, 2.75) is 6.92 Å². The predicted molar refractivity (Wildman–Crippen MR) is 69.0 cm³/mol. The van der Waals surface area contributed by atoms with E-state index in [2.05, 4.69) is 19.4 Å². The van der Waals surface area contributed by atoms with Gasteiger partial charge >= 0.3 is 6.03 Å². The maximum Gasteiger partial charge on any atom is 0.324 e. The summed E-state index contributed by atoms with van der Waals surface area (Å²) in [4.78, 5) is 22.6. The van der Waals surface area contributed by atoms with Crippen molar-refractivity contribution >= 4 is 35.0 Å². The van der Waals surface area contributed by atoms with E-state index in [4.69, 9.17) is 0 Å². The summed E-state index contributed by atoms with van der Waals surface area (Å²) in [5.41, 5.74) is 1.20. The largest absolute Gasteiger partial charge is 0.324 e. The molecular formula is C11H10N4O2S. The molecule has 0 radical (unpaired) electrons. The number of urea groups is 1. The Hall–Kier alpha value is -2.28. The van der Waals surface area contributed by atoms with Crippen molar-refractivity contribution in [3.05, 3.63) is 36.0 Å². The van der Waals surface area contributed by atoms with Crippen LogP contribution in [0.25, 0.3) is 0 Å². The van der Waals surface area contributed by atoms with Crippen LogP contribution in [-0.2, 0) is 0 Å². The molecule has 1 heterocycles. The molecule has 0 aliphatic heterocycles. The Balaban J connectivity index is 1.97. The maximum absolute atomic E-state index is 11.5. The van der Waals surface area contributed by atoms with Gasteiger partial charge in [-0.1, -0.05) is 0 Å². The first kappa shape index (κ1) is 12.2. The van der Waals surface area contributed by atoms with Crippen molar-refractivity contribution in [3.8, 4) is 0 Å². The standard InChI is InChI=1S/C11H10N4O2S/c1-7(16)8-2-4-9(5-3-8)13-11(17)14-10-6-12-18-15-10/h2-6H,1H3,(H2,13,14,15,17). The third kappa shape index (κ3) is 3.11. The number of hydrogen-bond acceptors (Lipinski definition) is 5. The van der Waals surface area contributed by atoms with E-state index in [-0.39, 0.29) is 5.78 Å². The van der Waals surface area contributed by atoms with Gasteiger partial charge in [0.1, 0.15) is 0 Å². The fourth-order valence-electron chi connectivity index (χ4n) is 1.29. The maximum atomic E-state index is 11.5. The van der Waals surface area contributed by atoms with Gasteiger partial charge in [-0.2, -0.15) is 8.75 Å². The highest BCUT2D eigenvalue weighted by Gasteiger charge is 2.05. The molecule has 0 saturated heterocycles. The molecule has 18 heavy (non-hydrogen) atoms. The number of nitrogens with zero attached hydrogens (tertiary/aromatic N) is 2. The lowest BCUT2D eigenvalue weighted by molar-refractivity contribution is 0.101. The minimum Gasteiger partial charge on any atom is -0.308 e. The fraction of sp³-hybridized carbons (Fsp3) is 0.0909. The lowest BCUT2D eigenvalue weighted by atomic mass is 10.1. The van der Waals surface area contributed by atoms with E-state index in [0.29, 0.717) is 17.1 Å². The molecule has 0 aliphatic carbocycles. The molecule has 7 heteroatoms. The van der Waals surface area contributed by atoms with Gasteiger partial charge in [0.2, 0.25) is 0 Å². The topological polar surface area (TPSA) is 84.0 Å². The van der Waals surface area contributed by atoms with Gasteiger partial charge in [0.05, 0.1) is 17.9 Å². The van der Waals surface area contributed by atoms with Gasteiger partial charge < -0.3 is 5.32 Å². The molecular weight excluding hydrogens is 252 g/mol. The normalized spacial score (nSPS) is 9.83. The van der Waals surface area contributed by atoms with Crippen molar-refractivity contribution < 1.29 is 9.59 Å². The van der Waals surface area contributed by atoms with E-state index in [1.807, 2.05) is 0 Å². The van der Waals surface area contributed by atoms with Crippen LogP contribution in [0.5, 0.6) is 0 Å². The quantitative estimate of drug-likeness (QED) is 0.832. The van der Waals surface area contributed by atoms with Crippen LogP contribution < -0.4 is 10.6 Å². The van der Waals surface area contributed by atoms with E-state index in [9.17, 15) is 9.59 Å². The summed E-state index contributed by atoms with van der Waals surface area (Å²) in [6.45, 7) is 1.49. The first-order valence-corrected chi connectivity index (χ1v) is 5.85. The summed E-state index contributed by atoms with van der Waals surface area (Å²) in [5.74, 6) is 0.386. The molecule has 0 saturated carbocycles. The molecule has 1 aromatic carbocycles. The summed E-state index contributed by atoms with van der Waals surface area (Å²) in [6.07, 6.45) is 1.46. The third-order valence-electron chi connectivity index (χ3n) is 2.15. The monoisotopic (exact) mass is 262 g/mol. The molecule has 6 nitrogen and oxygen atoms in total. The molecule has 0 atom stereocenters. The fourth-order valence-corrected chi connectivity index (χ4v) is 1.66. The van der Waals surface area contributed by atoms with Crippen molar-refractivity contribution in [2.75, 3.05) is 10.6 Å². The number of benzene rings is 1. The molecule has 92 valence electrons. The zero-order valence-corrected chi connectivity index (χ0v) is 10.3. The second kappa shape index (κ2) is 5.37. The van der Waals surface area contributed by atoms with Gasteiger partial charge in [-0.3, -0.25) is 10.1 Å². The van der Waals surface area contributed by atoms with Crippen molar-refractivity contribution in [3.63, 3.8) is 0 Å². The molecule has 2 N–H and O–H groups in total. The Morgan fingerprint density at radius 2 is 1.89 bits per heavy atom. The molecule has 2 rings (SSSR count). The van der Waals surface area contributed by atoms with Gasteiger partial charge in [-0.25, -0.2) is 4.79 Å². The minimum atomic E-state index is -0.404. The highest BCUT2D eigenvalue weighted by molar-refractivity contribution is 6.99. The minimum absolute atomic E-state index is 0.0143. The Morgan fingerprint density at radius 1 is 1.17 bits per heavy atom. The van der Waals surface area contributed by atoms with E-state index in [1.165, 1.54) is 13.1 Å². The summed E-state index contributed by atoms with van der Waals surface area (Å²) in [5, 5.41) is 5.15. The lowest BCUT2D eigenvalue weighted by Gasteiger charge is -2.05. The Morgan fingerprint density at radius 3 is 2.44 bits per heavy atom. The lowest BCUT2D eigenvalue weighted by Crippen LogP contribution is -2.19. The highest BCUT2D eigenvalue weighted by atomic mass is 32.1. The SMILES string of the molecule is CC(=O)c1ccc(NC(=O)Nc2cnsn2)cc1. The number of anilines is 2.